The van der Waals surface area contributed by atoms with Crippen LogP contribution in [0.2, 0.25) is 0 Å². The molecular formula is C13H26N2O3S. The maximum Gasteiger partial charge on any atom is 0.410 e. The Morgan fingerprint density at radius 3 is 2.26 bits per heavy atom. The van der Waals surface area contributed by atoms with Gasteiger partial charge < -0.3 is 15.2 Å². The molecule has 0 spiro atoms. The van der Waals surface area contributed by atoms with Crippen LogP contribution in [0.15, 0.2) is 0 Å². The van der Waals surface area contributed by atoms with Crippen molar-refractivity contribution in [3.05, 3.63) is 0 Å². The van der Waals surface area contributed by atoms with Gasteiger partial charge in [0.2, 0.25) is 0 Å². The van der Waals surface area contributed by atoms with Crippen LogP contribution in [0.25, 0.3) is 0 Å². The SMILES string of the molecule is CC.CO[C@H]1C[C@@H](C(N)=S)N(C(=O)OC(C)(C)C)C1. The quantitative estimate of drug-likeness (QED) is 0.791. The number of hydrogen-bond acceptors (Lipinski definition) is 4. The highest BCUT2D eigenvalue weighted by molar-refractivity contribution is 7.80. The van der Waals surface area contributed by atoms with Gasteiger partial charge in [0.05, 0.1) is 23.7 Å². The van der Waals surface area contributed by atoms with Gasteiger partial charge in [0, 0.05) is 13.5 Å². The molecule has 6 heteroatoms. The maximum absolute atomic E-state index is 12.0. The zero-order valence-corrected chi connectivity index (χ0v) is 13.5. The van der Waals surface area contributed by atoms with Gasteiger partial charge in [-0.05, 0) is 20.8 Å². The van der Waals surface area contributed by atoms with Gasteiger partial charge in [-0.1, -0.05) is 26.1 Å². The molecule has 0 bridgehead atoms. The molecule has 0 aliphatic carbocycles. The van der Waals surface area contributed by atoms with Crippen LogP contribution in [0.3, 0.4) is 0 Å². The zero-order valence-electron chi connectivity index (χ0n) is 12.7. The molecule has 19 heavy (non-hydrogen) atoms. The maximum atomic E-state index is 12.0. The van der Waals surface area contributed by atoms with E-state index >= 15 is 0 Å². The minimum atomic E-state index is -0.525. The average Bonchev–Trinajstić information content (AvgIpc) is 2.73. The van der Waals surface area contributed by atoms with E-state index in [9.17, 15) is 4.79 Å². The Bertz CT molecular complexity index is 316. The number of nitrogens with two attached hydrogens (primary N) is 1. The lowest BCUT2D eigenvalue weighted by Crippen LogP contribution is -2.45. The topological polar surface area (TPSA) is 64.8 Å². The largest absolute Gasteiger partial charge is 0.444 e. The van der Waals surface area contributed by atoms with Crippen LogP contribution in [0.5, 0.6) is 0 Å². The first kappa shape index (κ1) is 18.1. The van der Waals surface area contributed by atoms with Crippen molar-refractivity contribution in [2.75, 3.05) is 13.7 Å². The van der Waals surface area contributed by atoms with E-state index in [0.717, 1.165) is 0 Å². The number of hydrogen-bond donors (Lipinski definition) is 1. The molecule has 1 saturated heterocycles. The number of thiocarbonyl (C=S) groups is 1. The molecule has 2 atom stereocenters. The summed E-state index contributed by atoms with van der Waals surface area (Å²) < 4.78 is 10.5. The van der Waals surface area contributed by atoms with Crippen molar-refractivity contribution in [3.63, 3.8) is 0 Å². The summed E-state index contributed by atoms with van der Waals surface area (Å²) in [6, 6.07) is -0.273. The normalized spacial score (nSPS) is 22.5. The fourth-order valence-electron chi connectivity index (χ4n) is 1.76. The van der Waals surface area contributed by atoms with Crippen molar-refractivity contribution in [1.82, 2.24) is 4.90 Å². The summed E-state index contributed by atoms with van der Waals surface area (Å²) >= 11 is 4.97. The van der Waals surface area contributed by atoms with Gasteiger partial charge in [0.1, 0.15) is 5.60 Å². The summed E-state index contributed by atoms with van der Waals surface area (Å²) in [6.45, 7) is 9.94. The number of carbonyl (C=O) groups is 1. The third kappa shape index (κ3) is 5.74. The third-order valence-corrected chi connectivity index (χ3v) is 2.82. The molecule has 0 saturated carbocycles. The smallest absolute Gasteiger partial charge is 0.410 e. The summed E-state index contributed by atoms with van der Waals surface area (Å²) in [5.41, 5.74) is 5.11. The first-order valence-electron chi connectivity index (χ1n) is 6.56. The molecule has 1 aliphatic heterocycles. The van der Waals surface area contributed by atoms with Crippen molar-refractivity contribution in [2.24, 2.45) is 5.73 Å². The standard InChI is InChI=1S/C11H20N2O3S.C2H6/c1-11(2,3)16-10(14)13-6-7(15-4)5-8(13)9(12)17;1-2/h7-8H,5-6H2,1-4H3,(H2,12,17);1-2H3/t7-,8-;/m0./s1. The van der Waals surface area contributed by atoms with Gasteiger partial charge in [-0.2, -0.15) is 0 Å². The lowest BCUT2D eigenvalue weighted by molar-refractivity contribution is 0.0230. The first-order valence-corrected chi connectivity index (χ1v) is 6.97. The molecule has 0 unspecified atom stereocenters. The highest BCUT2D eigenvalue weighted by Gasteiger charge is 2.39. The number of rotatable bonds is 2. The molecule has 2 N–H and O–H groups in total. The van der Waals surface area contributed by atoms with E-state index in [2.05, 4.69) is 0 Å². The van der Waals surface area contributed by atoms with Gasteiger partial charge in [-0.3, -0.25) is 4.90 Å². The number of methoxy groups -OCH3 is 1. The number of carbonyl (C=O) groups excluding carboxylic acids is 1. The average molecular weight is 290 g/mol. The second-order valence-corrected chi connectivity index (χ2v) is 5.62. The lowest BCUT2D eigenvalue weighted by Gasteiger charge is -2.27. The Balaban J connectivity index is 0.00000154. The molecule has 112 valence electrons. The molecule has 0 aromatic heterocycles. The van der Waals surface area contributed by atoms with Crippen molar-refractivity contribution in [2.45, 2.75) is 58.8 Å². The second-order valence-electron chi connectivity index (χ2n) is 5.14. The van der Waals surface area contributed by atoms with E-state index in [0.29, 0.717) is 18.0 Å². The van der Waals surface area contributed by atoms with Crippen LogP contribution in [-0.2, 0) is 9.47 Å². The molecule has 0 radical (unpaired) electrons. The van der Waals surface area contributed by atoms with Crippen LogP contribution in [0.1, 0.15) is 41.0 Å². The summed E-state index contributed by atoms with van der Waals surface area (Å²) in [4.78, 5) is 13.8. The predicted octanol–water partition coefficient (Wildman–Crippen LogP) is 2.32. The minimum absolute atomic E-state index is 0.0333. The van der Waals surface area contributed by atoms with Crippen molar-refractivity contribution >= 4 is 23.3 Å². The summed E-state index contributed by atoms with van der Waals surface area (Å²) in [5.74, 6) is 0. The van der Waals surface area contributed by atoms with E-state index in [-0.39, 0.29) is 12.1 Å². The van der Waals surface area contributed by atoms with Crippen LogP contribution in [0.4, 0.5) is 4.79 Å². The van der Waals surface area contributed by atoms with Crippen molar-refractivity contribution in [1.29, 1.82) is 0 Å². The van der Waals surface area contributed by atoms with E-state index in [1.165, 1.54) is 0 Å². The molecule has 0 aromatic carbocycles. The lowest BCUT2D eigenvalue weighted by atomic mass is 10.2. The molecular weight excluding hydrogens is 264 g/mol. The van der Waals surface area contributed by atoms with Crippen LogP contribution < -0.4 is 5.73 Å². The van der Waals surface area contributed by atoms with Crippen LogP contribution >= 0.6 is 12.2 Å². The van der Waals surface area contributed by atoms with Crippen molar-refractivity contribution < 1.29 is 14.3 Å². The predicted molar refractivity (Wildman–Crippen MR) is 80.3 cm³/mol. The van der Waals surface area contributed by atoms with E-state index < -0.39 is 11.7 Å². The zero-order chi connectivity index (χ0) is 15.2. The molecule has 5 nitrogen and oxygen atoms in total. The molecule has 1 amide bonds. The molecule has 1 heterocycles. The van der Waals surface area contributed by atoms with Crippen LogP contribution in [0, 0.1) is 0 Å². The van der Waals surface area contributed by atoms with Gasteiger partial charge in [-0.15, -0.1) is 0 Å². The second kappa shape index (κ2) is 7.65. The Morgan fingerprint density at radius 2 is 1.89 bits per heavy atom. The monoisotopic (exact) mass is 290 g/mol. The molecule has 1 aliphatic rings. The number of ether oxygens (including phenoxy) is 2. The summed E-state index contributed by atoms with van der Waals surface area (Å²) in [5, 5.41) is 0. The highest BCUT2D eigenvalue weighted by Crippen LogP contribution is 2.23. The Morgan fingerprint density at radius 1 is 1.37 bits per heavy atom. The summed E-state index contributed by atoms with van der Waals surface area (Å²) in [6.07, 6.45) is 0.203. The fourth-order valence-corrected chi connectivity index (χ4v) is 1.98. The van der Waals surface area contributed by atoms with Gasteiger partial charge in [-0.25, -0.2) is 4.79 Å². The molecule has 1 rings (SSSR count). The van der Waals surface area contributed by atoms with Gasteiger partial charge in [0.25, 0.3) is 0 Å². The van der Waals surface area contributed by atoms with E-state index in [1.54, 1.807) is 12.0 Å². The Kier molecular flexibility index (Phi) is 7.29. The van der Waals surface area contributed by atoms with Gasteiger partial charge in [0.15, 0.2) is 0 Å². The first-order chi connectivity index (χ1) is 8.74. The summed E-state index contributed by atoms with van der Waals surface area (Å²) in [7, 11) is 1.61. The van der Waals surface area contributed by atoms with Crippen molar-refractivity contribution in [3.8, 4) is 0 Å². The minimum Gasteiger partial charge on any atom is -0.444 e. The van der Waals surface area contributed by atoms with E-state index in [1.807, 2.05) is 34.6 Å². The Hall–Kier alpha value is -0.880. The molecule has 1 fully saturated rings. The highest BCUT2D eigenvalue weighted by atomic mass is 32.1. The number of nitrogens with zero attached hydrogens (tertiary/aromatic N) is 1. The number of amides is 1. The van der Waals surface area contributed by atoms with E-state index in [4.69, 9.17) is 27.4 Å². The fraction of sp³-hybridized carbons (Fsp3) is 0.846. The molecule has 0 aromatic rings. The van der Waals surface area contributed by atoms with Gasteiger partial charge >= 0.3 is 6.09 Å². The third-order valence-electron chi connectivity index (χ3n) is 2.55. The Labute approximate surface area is 121 Å². The number of likely N-dealkylation sites (tertiary alicyclic amines) is 1. The van der Waals surface area contributed by atoms with Crippen LogP contribution in [-0.4, -0.2) is 47.4 Å².